The lowest BCUT2D eigenvalue weighted by Crippen LogP contribution is -2.17. The number of carbonyl (C=O) groups excluding carboxylic acids is 2. The zero-order valence-electron chi connectivity index (χ0n) is 20.7. The number of benzene rings is 1. The summed E-state index contributed by atoms with van der Waals surface area (Å²) in [5, 5.41) is 13.4. The van der Waals surface area contributed by atoms with Gasteiger partial charge in [0.15, 0.2) is 17.1 Å². The van der Waals surface area contributed by atoms with E-state index in [2.05, 4.69) is 15.5 Å². The molecule has 1 unspecified atom stereocenters. The monoisotopic (exact) mass is 548 g/mol. The molecule has 192 valence electrons. The van der Waals surface area contributed by atoms with Crippen molar-refractivity contribution in [3.8, 4) is 5.75 Å². The van der Waals surface area contributed by atoms with Crippen LogP contribution in [-0.2, 0) is 28.9 Å². The molecular formula is C25H29ClN4O4S2. The van der Waals surface area contributed by atoms with Gasteiger partial charge in [-0.3, -0.25) is 4.79 Å². The van der Waals surface area contributed by atoms with Gasteiger partial charge in [-0.05, 0) is 76.3 Å². The highest BCUT2D eigenvalue weighted by Crippen LogP contribution is 2.39. The van der Waals surface area contributed by atoms with Crippen LogP contribution < -0.4 is 10.1 Å². The number of halogens is 1. The Kier molecular flexibility index (Phi) is 8.58. The number of nitrogens with zero attached hydrogens (tertiary/aromatic N) is 3. The topological polar surface area (TPSA) is 95.3 Å². The normalized spacial score (nSPS) is 13.4. The number of thiophene rings is 1. The van der Waals surface area contributed by atoms with E-state index in [1.54, 1.807) is 13.0 Å². The van der Waals surface area contributed by atoms with Gasteiger partial charge in [0.2, 0.25) is 5.91 Å². The minimum Gasteiger partial charge on any atom is -0.483 e. The number of esters is 1. The Morgan fingerprint density at radius 1 is 1.28 bits per heavy atom. The molecule has 1 N–H and O–H groups in total. The van der Waals surface area contributed by atoms with Crippen LogP contribution in [0.15, 0.2) is 23.4 Å². The summed E-state index contributed by atoms with van der Waals surface area (Å²) in [7, 11) is 0. The third-order valence-corrected chi connectivity index (χ3v) is 8.45. The predicted molar refractivity (Wildman–Crippen MR) is 143 cm³/mol. The molecule has 0 fully saturated rings. The van der Waals surface area contributed by atoms with E-state index in [9.17, 15) is 9.59 Å². The third kappa shape index (κ3) is 5.71. The quantitative estimate of drug-likeness (QED) is 0.250. The molecule has 0 saturated heterocycles. The van der Waals surface area contributed by atoms with E-state index in [-0.39, 0.29) is 23.7 Å². The zero-order chi connectivity index (χ0) is 25.8. The van der Waals surface area contributed by atoms with Crippen LogP contribution in [0.1, 0.15) is 65.5 Å². The number of ether oxygens (including phenoxy) is 2. The maximum atomic E-state index is 12.8. The fourth-order valence-corrected chi connectivity index (χ4v) is 6.38. The van der Waals surface area contributed by atoms with Gasteiger partial charge < -0.3 is 19.4 Å². The molecule has 8 nitrogen and oxygen atoms in total. The summed E-state index contributed by atoms with van der Waals surface area (Å²) in [6.07, 6.45) is 2.44. The van der Waals surface area contributed by atoms with Crippen LogP contribution in [0.2, 0.25) is 5.02 Å². The second-order valence-electron chi connectivity index (χ2n) is 8.37. The SMILES string of the molecule is CCOC(=O)c1c(NC(=O)CSc2nnc(C(C)Oc3ccc(Cl)c(C)c3)n2CC)sc2c1CCC2. The molecule has 1 aliphatic carbocycles. The van der Waals surface area contributed by atoms with E-state index in [0.29, 0.717) is 45.5 Å². The van der Waals surface area contributed by atoms with Crippen molar-refractivity contribution in [1.82, 2.24) is 14.8 Å². The molecule has 1 atom stereocenters. The fourth-order valence-electron chi connectivity index (χ4n) is 4.16. The van der Waals surface area contributed by atoms with E-state index < -0.39 is 0 Å². The highest BCUT2D eigenvalue weighted by atomic mass is 35.5. The van der Waals surface area contributed by atoms with E-state index in [4.69, 9.17) is 21.1 Å². The first-order valence-electron chi connectivity index (χ1n) is 11.9. The van der Waals surface area contributed by atoms with Gasteiger partial charge in [-0.15, -0.1) is 21.5 Å². The van der Waals surface area contributed by atoms with Gasteiger partial charge in [0.05, 0.1) is 17.9 Å². The zero-order valence-corrected chi connectivity index (χ0v) is 23.1. The minimum absolute atomic E-state index is 0.134. The summed E-state index contributed by atoms with van der Waals surface area (Å²) in [6, 6.07) is 5.51. The number of aryl methyl sites for hydroxylation is 2. The van der Waals surface area contributed by atoms with E-state index in [1.165, 1.54) is 23.1 Å². The number of amides is 1. The number of nitrogens with one attached hydrogen (secondary N) is 1. The number of thioether (sulfide) groups is 1. The first-order chi connectivity index (χ1) is 17.3. The fraction of sp³-hybridized carbons (Fsp3) is 0.440. The van der Waals surface area contributed by atoms with Crippen LogP contribution in [-0.4, -0.2) is 39.0 Å². The summed E-state index contributed by atoms with van der Waals surface area (Å²) < 4.78 is 13.3. The van der Waals surface area contributed by atoms with Gasteiger partial charge in [-0.25, -0.2) is 4.79 Å². The third-order valence-electron chi connectivity index (χ3n) is 5.85. The second-order valence-corrected chi connectivity index (χ2v) is 10.8. The number of fused-ring (bicyclic) bond motifs is 1. The molecule has 3 aromatic rings. The van der Waals surface area contributed by atoms with Crippen molar-refractivity contribution in [1.29, 1.82) is 0 Å². The van der Waals surface area contributed by atoms with Crippen molar-refractivity contribution >= 4 is 51.6 Å². The van der Waals surface area contributed by atoms with Crippen LogP contribution >= 0.6 is 34.7 Å². The number of rotatable bonds is 10. The summed E-state index contributed by atoms with van der Waals surface area (Å²) in [6.45, 7) is 8.53. The van der Waals surface area contributed by atoms with Crippen molar-refractivity contribution < 1.29 is 19.1 Å². The lowest BCUT2D eigenvalue weighted by atomic mass is 10.1. The molecule has 0 aliphatic heterocycles. The summed E-state index contributed by atoms with van der Waals surface area (Å²) in [4.78, 5) is 26.5. The lowest BCUT2D eigenvalue weighted by Gasteiger charge is -2.16. The Morgan fingerprint density at radius 2 is 2.08 bits per heavy atom. The molecule has 0 bridgehead atoms. The lowest BCUT2D eigenvalue weighted by molar-refractivity contribution is -0.113. The standard InChI is InChI=1S/C25H29ClN4O4S2/c1-5-30-22(15(4)34-16-10-11-18(26)14(3)12-16)28-29-25(30)35-13-20(31)27-23-21(24(32)33-6-2)17-8-7-9-19(17)36-23/h10-12,15H,5-9,13H2,1-4H3,(H,27,31). The van der Waals surface area contributed by atoms with Crippen LogP contribution in [0.4, 0.5) is 5.00 Å². The Morgan fingerprint density at radius 3 is 2.81 bits per heavy atom. The minimum atomic E-state index is -0.375. The Bertz CT molecular complexity index is 1270. The van der Waals surface area contributed by atoms with E-state index in [1.807, 2.05) is 37.5 Å². The molecule has 0 radical (unpaired) electrons. The number of aromatic nitrogens is 3. The van der Waals surface area contributed by atoms with Gasteiger partial charge in [0.25, 0.3) is 0 Å². The molecule has 4 rings (SSSR count). The van der Waals surface area contributed by atoms with Crippen molar-refractivity contribution in [3.63, 3.8) is 0 Å². The maximum absolute atomic E-state index is 12.8. The molecule has 1 amide bonds. The highest BCUT2D eigenvalue weighted by Gasteiger charge is 2.28. The summed E-state index contributed by atoms with van der Waals surface area (Å²) in [5.41, 5.74) is 2.46. The van der Waals surface area contributed by atoms with Gasteiger partial charge in [0, 0.05) is 16.4 Å². The van der Waals surface area contributed by atoms with Gasteiger partial charge in [0.1, 0.15) is 10.8 Å². The molecule has 0 spiro atoms. The van der Waals surface area contributed by atoms with Crippen LogP contribution in [0.25, 0.3) is 0 Å². The van der Waals surface area contributed by atoms with Crippen molar-refractivity contribution in [2.75, 3.05) is 17.7 Å². The number of anilines is 1. The van der Waals surface area contributed by atoms with Crippen LogP contribution in [0.5, 0.6) is 5.75 Å². The Hall–Kier alpha value is -2.56. The molecular weight excluding hydrogens is 520 g/mol. The molecule has 2 heterocycles. The smallest absolute Gasteiger partial charge is 0.341 e. The molecule has 36 heavy (non-hydrogen) atoms. The number of hydrogen-bond acceptors (Lipinski definition) is 8. The van der Waals surface area contributed by atoms with Gasteiger partial charge in [-0.2, -0.15) is 0 Å². The molecule has 2 aromatic heterocycles. The Balaban J connectivity index is 1.42. The van der Waals surface area contributed by atoms with Gasteiger partial charge in [-0.1, -0.05) is 23.4 Å². The average Bonchev–Trinajstić information content (AvgIpc) is 3.54. The Labute approximate surface area is 223 Å². The highest BCUT2D eigenvalue weighted by molar-refractivity contribution is 7.99. The molecule has 1 aromatic carbocycles. The number of carbonyl (C=O) groups is 2. The van der Waals surface area contributed by atoms with E-state index in [0.717, 1.165) is 35.3 Å². The first kappa shape index (κ1) is 26.5. The van der Waals surface area contributed by atoms with E-state index >= 15 is 0 Å². The predicted octanol–water partition coefficient (Wildman–Crippen LogP) is 5.86. The molecule has 1 aliphatic rings. The van der Waals surface area contributed by atoms with Crippen LogP contribution in [0.3, 0.4) is 0 Å². The van der Waals surface area contributed by atoms with Crippen molar-refractivity contribution in [3.05, 3.63) is 50.6 Å². The maximum Gasteiger partial charge on any atom is 0.341 e. The van der Waals surface area contributed by atoms with Crippen molar-refractivity contribution in [2.24, 2.45) is 0 Å². The van der Waals surface area contributed by atoms with Crippen molar-refractivity contribution in [2.45, 2.75) is 64.8 Å². The summed E-state index contributed by atoms with van der Waals surface area (Å²) in [5.74, 6) is 0.920. The second kappa shape index (κ2) is 11.7. The average molecular weight is 549 g/mol. The first-order valence-corrected chi connectivity index (χ1v) is 14.1. The molecule has 11 heteroatoms. The molecule has 0 saturated carbocycles. The van der Waals surface area contributed by atoms with Gasteiger partial charge >= 0.3 is 5.97 Å². The largest absolute Gasteiger partial charge is 0.483 e. The number of hydrogen-bond donors (Lipinski definition) is 1. The summed E-state index contributed by atoms with van der Waals surface area (Å²) >= 11 is 8.88. The van der Waals surface area contributed by atoms with Crippen LogP contribution in [0, 0.1) is 6.92 Å².